The van der Waals surface area contributed by atoms with Crippen LogP contribution in [0, 0.1) is 5.82 Å². The Kier molecular flexibility index (Phi) is 3.75. The van der Waals surface area contributed by atoms with Crippen molar-refractivity contribution in [3.8, 4) is 28.7 Å². The van der Waals surface area contributed by atoms with Gasteiger partial charge >= 0.3 is 0 Å². The molecule has 0 bridgehead atoms. The van der Waals surface area contributed by atoms with Gasteiger partial charge in [0.25, 0.3) is 0 Å². The number of hydrogen-bond donors (Lipinski definition) is 1. The van der Waals surface area contributed by atoms with Crippen molar-refractivity contribution >= 4 is 0 Å². The summed E-state index contributed by atoms with van der Waals surface area (Å²) in [5, 5.41) is 9.63. The van der Waals surface area contributed by atoms with Gasteiger partial charge in [0.05, 0.1) is 14.2 Å². The Labute approximate surface area is 110 Å². The highest BCUT2D eigenvalue weighted by atomic mass is 19.1. The van der Waals surface area contributed by atoms with Crippen molar-refractivity contribution < 1.29 is 23.7 Å². The van der Waals surface area contributed by atoms with Gasteiger partial charge in [-0.3, -0.25) is 0 Å². The van der Waals surface area contributed by atoms with E-state index in [0.717, 1.165) is 6.07 Å². The van der Waals surface area contributed by atoms with Gasteiger partial charge in [0.15, 0.2) is 23.1 Å². The van der Waals surface area contributed by atoms with Crippen LogP contribution in [0.2, 0.25) is 0 Å². The minimum Gasteiger partial charge on any atom is -0.504 e. The van der Waals surface area contributed by atoms with E-state index in [-0.39, 0.29) is 17.2 Å². The van der Waals surface area contributed by atoms with Gasteiger partial charge in [0.2, 0.25) is 0 Å². The van der Waals surface area contributed by atoms with Crippen molar-refractivity contribution in [3.63, 3.8) is 0 Å². The molecule has 5 heteroatoms. The van der Waals surface area contributed by atoms with Crippen LogP contribution in [0.5, 0.6) is 28.7 Å². The first-order valence-corrected chi connectivity index (χ1v) is 5.52. The van der Waals surface area contributed by atoms with Crippen LogP contribution >= 0.6 is 0 Å². The third-order valence-electron chi connectivity index (χ3n) is 2.52. The number of hydrogen-bond acceptors (Lipinski definition) is 4. The molecule has 2 rings (SSSR count). The lowest BCUT2D eigenvalue weighted by Crippen LogP contribution is -1.91. The largest absolute Gasteiger partial charge is 0.504 e. The Bertz CT molecular complexity index is 566. The SMILES string of the molecule is COc1ccc(Oc2cc(OC)c(F)cc2O)cc1. The molecule has 2 aromatic rings. The van der Waals surface area contributed by atoms with Crippen LogP contribution in [0.15, 0.2) is 36.4 Å². The lowest BCUT2D eigenvalue weighted by molar-refractivity contribution is 0.368. The predicted molar refractivity (Wildman–Crippen MR) is 67.7 cm³/mol. The van der Waals surface area contributed by atoms with Gasteiger partial charge < -0.3 is 19.3 Å². The first-order valence-electron chi connectivity index (χ1n) is 5.52. The standard InChI is InChI=1S/C14H13FO4/c1-17-9-3-5-10(6-4-9)19-14-8-13(18-2)11(15)7-12(14)16/h3-8,16H,1-2H3. The van der Waals surface area contributed by atoms with E-state index >= 15 is 0 Å². The Morgan fingerprint density at radius 3 is 2.11 bits per heavy atom. The Balaban J connectivity index is 2.26. The summed E-state index contributed by atoms with van der Waals surface area (Å²) in [7, 11) is 2.90. The molecule has 0 radical (unpaired) electrons. The molecule has 0 saturated heterocycles. The van der Waals surface area contributed by atoms with Gasteiger partial charge in [-0.1, -0.05) is 0 Å². The van der Waals surface area contributed by atoms with Gasteiger partial charge in [0.1, 0.15) is 11.5 Å². The molecule has 100 valence electrons. The molecule has 0 amide bonds. The van der Waals surface area contributed by atoms with Gasteiger partial charge in [0, 0.05) is 12.1 Å². The zero-order chi connectivity index (χ0) is 13.8. The molecule has 1 N–H and O–H groups in total. The molecule has 0 unspecified atom stereocenters. The van der Waals surface area contributed by atoms with E-state index in [0.29, 0.717) is 11.5 Å². The first-order chi connectivity index (χ1) is 9.13. The van der Waals surface area contributed by atoms with Crippen LogP contribution in [0.1, 0.15) is 0 Å². The molecule has 0 saturated carbocycles. The Morgan fingerprint density at radius 1 is 0.895 bits per heavy atom. The highest BCUT2D eigenvalue weighted by Gasteiger charge is 2.11. The lowest BCUT2D eigenvalue weighted by atomic mass is 10.2. The summed E-state index contributed by atoms with van der Waals surface area (Å²) >= 11 is 0. The fraction of sp³-hybridized carbons (Fsp3) is 0.143. The minimum atomic E-state index is -0.651. The maximum absolute atomic E-state index is 13.3. The minimum absolute atomic E-state index is 0.00121. The normalized spacial score (nSPS) is 10.1. The van der Waals surface area contributed by atoms with Gasteiger partial charge in [-0.15, -0.1) is 0 Å². The van der Waals surface area contributed by atoms with Crippen molar-refractivity contribution in [3.05, 3.63) is 42.2 Å². The molecule has 19 heavy (non-hydrogen) atoms. The van der Waals surface area contributed by atoms with Gasteiger partial charge in [-0.05, 0) is 24.3 Å². The summed E-state index contributed by atoms with van der Waals surface area (Å²) < 4.78 is 28.6. The molecule has 0 atom stereocenters. The maximum Gasteiger partial charge on any atom is 0.172 e. The van der Waals surface area contributed by atoms with E-state index in [1.807, 2.05) is 0 Å². The Morgan fingerprint density at radius 2 is 1.53 bits per heavy atom. The predicted octanol–water partition coefficient (Wildman–Crippen LogP) is 3.34. The topological polar surface area (TPSA) is 47.9 Å². The molecule has 0 heterocycles. The van der Waals surface area contributed by atoms with Crippen molar-refractivity contribution in [2.45, 2.75) is 0 Å². The molecular formula is C14H13FO4. The zero-order valence-electron chi connectivity index (χ0n) is 10.5. The number of phenols is 1. The molecule has 0 aliphatic rings. The van der Waals surface area contributed by atoms with Gasteiger partial charge in [-0.25, -0.2) is 4.39 Å². The number of phenolic OH excluding ortho intramolecular Hbond substituents is 1. The van der Waals surface area contributed by atoms with Crippen LogP contribution in [0.4, 0.5) is 4.39 Å². The highest BCUT2D eigenvalue weighted by Crippen LogP contribution is 2.36. The van der Waals surface area contributed by atoms with Crippen molar-refractivity contribution in [1.82, 2.24) is 0 Å². The summed E-state index contributed by atoms with van der Waals surface area (Å²) in [5.74, 6) is 0.346. The first kappa shape index (κ1) is 13.0. The van der Waals surface area contributed by atoms with Crippen molar-refractivity contribution in [2.75, 3.05) is 14.2 Å². The van der Waals surface area contributed by atoms with E-state index in [2.05, 4.69) is 0 Å². The van der Waals surface area contributed by atoms with Crippen LogP contribution in [0.25, 0.3) is 0 Å². The summed E-state index contributed by atoms with van der Waals surface area (Å²) in [6.45, 7) is 0. The maximum atomic E-state index is 13.3. The summed E-state index contributed by atoms with van der Waals surface area (Å²) in [4.78, 5) is 0. The molecule has 0 aliphatic carbocycles. The van der Waals surface area contributed by atoms with E-state index < -0.39 is 5.82 Å². The molecule has 4 nitrogen and oxygen atoms in total. The number of methoxy groups -OCH3 is 2. The van der Waals surface area contributed by atoms with Crippen molar-refractivity contribution in [1.29, 1.82) is 0 Å². The molecule has 0 aliphatic heterocycles. The monoisotopic (exact) mass is 264 g/mol. The lowest BCUT2D eigenvalue weighted by Gasteiger charge is -2.10. The average molecular weight is 264 g/mol. The third-order valence-corrected chi connectivity index (χ3v) is 2.52. The Hall–Kier alpha value is -2.43. The fourth-order valence-corrected chi connectivity index (χ4v) is 1.53. The van der Waals surface area contributed by atoms with Crippen LogP contribution in [0.3, 0.4) is 0 Å². The number of ether oxygens (including phenoxy) is 3. The second-order valence-electron chi connectivity index (χ2n) is 3.73. The van der Waals surface area contributed by atoms with E-state index in [9.17, 15) is 9.50 Å². The van der Waals surface area contributed by atoms with Crippen LogP contribution in [-0.2, 0) is 0 Å². The van der Waals surface area contributed by atoms with Crippen LogP contribution in [-0.4, -0.2) is 19.3 Å². The van der Waals surface area contributed by atoms with Gasteiger partial charge in [-0.2, -0.15) is 0 Å². The summed E-state index contributed by atoms with van der Waals surface area (Å²) in [6, 6.07) is 9.01. The van der Waals surface area contributed by atoms with E-state index in [1.165, 1.54) is 13.2 Å². The van der Waals surface area contributed by atoms with Crippen LogP contribution < -0.4 is 14.2 Å². The van der Waals surface area contributed by atoms with Crippen molar-refractivity contribution in [2.24, 2.45) is 0 Å². The number of aromatic hydroxyl groups is 1. The second kappa shape index (κ2) is 5.48. The average Bonchev–Trinajstić information content (AvgIpc) is 2.42. The number of rotatable bonds is 4. The second-order valence-corrected chi connectivity index (χ2v) is 3.73. The molecule has 0 fully saturated rings. The number of benzene rings is 2. The third kappa shape index (κ3) is 2.88. The molecular weight excluding hydrogens is 251 g/mol. The fourth-order valence-electron chi connectivity index (χ4n) is 1.53. The number of halogens is 1. The van der Waals surface area contributed by atoms with E-state index in [4.69, 9.17) is 14.2 Å². The van der Waals surface area contributed by atoms with E-state index in [1.54, 1.807) is 31.4 Å². The zero-order valence-corrected chi connectivity index (χ0v) is 10.5. The quantitative estimate of drug-likeness (QED) is 0.920. The molecule has 0 spiro atoms. The summed E-state index contributed by atoms with van der Waals surface area (Å²) in [5.41, 5.74) is 0. The summed E-state index contributed by atoms with van der Waals surface area (Å²) in [6.07, 6.45) is 0. The highest BCUT2D eigenvalue weighted by molar-refractivity contribution is 5.48. The molecule has 0 aromatic heterocycles. The molecule has 2 aromatic carbocycles. The smallest absolute Gasteiger partial charge is 0.172 e.